The highest BCUT2D eigenvalue weighted by molar-refractivity contribution is 9.11. The molecule has 1 rings (SSSR count). The molecule has 74 valence electrons. The monoisotopic (exact) mass is 317 g/mol. The van der Waals surface area contributed by atoms with Crippen LogP contribution in [0.5, 0.6) is 5.75 Å². The number of halogens is 2. The van der Waals surface area contributed by atoms with Gasteiger partial charge in [-0.15, -0.1) is 0 Å². The minimum absolute atomic E-state index is 0.107. The lowest BCUT2D eigenvalue weighted by molar-refractivity contribution is 0.239. The third kappa shape index (κ3) is 2.73. The maximum Gasteiger partial charge on any atom is 0.148 e. The predicted octanol–water partition coefficient (Wildman–Crippen LogP) is 3.87. The summed E-state index contributed by atoms with van der Waals surface area (Å²) in [7, 11) is 0. The normalized spacial score (nSPS) is 10.0. The van der Waals surface area contributed by atoms with Crippen LogP contribution in [0.3, 0.4) is 0 Å². The van der Waals surface area contributed by atoms with E-state index in [-0.39, 0.29) is 6.10 Å². The summed E-state index contributed by atoms with van der Waals surface area (Å²) < 4.78 is 7.15. The van der Waals surface area contributed by atoms with Gasteiger partial charge in [-0.25, -0.2) is 0 Å². The Kier molecular flexibility index (Phi) is 3.97. The molecule has 14 heavy (non-hydrogen) atoms. The average Bonchev–Trinajstić information content (AvgIpc) is 2.10. The summed E-state index contributed by atoms with van der Waals surface area (Å²) in [5.74, 6) is 0.735. The molecule has 0 aromatic heterocycles. The second-order valence-electron chi connectivity index (χ2n) is 3.05. The fraction of sp³-hybridized carbons (Fsp3) is 0.300. The van der Waals surface area contributed by atoms with E-state index in [1.54, 1.807) is 12.1 Å². The molecule has 0 spiro atoms. The van der Waals surface area contributed by atoms with Gasteiger partial charge in [0.2, 0.25) is 0 Å². The van der Waals surface area contributed by atoms with E-state index in [0.29, 0.717) is 5.56 Å². The Bertz CT molecular complexity index is 359. The average molecular weight is 319 g/mol. The number of rotatable bonds is 2. The second kappa shape index (κ2) is 4.81. The molecular formula is C10H9Br2NO. The Labute approximate surface area is 100 Å². The van der Waals surface area contributed by atoms with Gasteiger partial charge in [-0.2, -0.15) is 5.26 Å². The molecule has 0 N–H and O–H groups in total. The van der Waals surface area contributed by atoms with E-state index in [2.05, 4.69) is 37.9 Å². The minimum atomic E-state index is 0.107. The number of hydrogen-bond acceptors (Lipinski definition) is 2. The molecular weight excluding hydrogens is 310 g/mol. The molecule has 0 radical (unpaired) electrons. The molecule has 2 nitrogen and oxygen atoms in total. The zero-order valence-electron chi connectivity index (χ0n) is 7.84. The first kappa shape index (κ1) is 11.5. The van der Waals surface area contributed by atoms with Crippen LogP contribution in [-0.2, 0) is 0 Å². The van der Waals surface area contributed by atoms with Gasteiger partial charge in [-0.3, -0.25) is 0 Å². The van der Waals surface area contributed by atoms with Crippen molar-refractivity contribution in [1.29, 1.82) is 5.26 Å². The Hall–Kier alpha value is -0.530. The SMILES string of the molecule is CC(C)Oc1c(Br)cc(C#N)cc1Br. The van der Waals surface area contributed by atoms with Crippen molar-refractivity contribution < 1.29 is 4.74 Å². The van der Waals surface area contributed by atoms with Gasteiger partial charge in [0.1, 0.15) is 5.75 Å². The molecule has 0 aliphatic rings. The second-order valence-corrected chi connectivity index (χ2v) is 4.76. The van der Waals surface area contributed by atoms with Gasteiger partial charge >= 0.3 is 0 Å². The Morgan fingerprint density at radius 2 is 1.79 bits per heavy atom. The molecule has 0 unspecified atom stereocenters. The van der Waals surface area contributed by atoms with Crippen molar-refractivity contribution in [2.24, 2.45) is 0 Å². The van der Waals surface area contributed by atoms with Crippen LogP contribution in [0.15, 0.2) is 21.1 Å². The van der Waals surface area contributed by atoms with Crippen LogP contribution in [-0.4, -0.2) is 6.10 Å². The Morgan fingerprint density at radius 3 is 2.14 bits per heavy atom. The van der Waals surface area contributed by atoms with Crippen molar-refractivity contribution in [3.05, 3.63) is 26.6 Å². The Balaban J connectivity index is 3.13. The van der Waals surface area contributed by atoms with E-state index in [9.17, 15) is 0 Å². The van der Waals surface area contributed by atoms with Crippen LogP contribution in [0.4, 0.5) is 0 Å². The third-order valence-electron chi connectivity index (χ3n) is 1.48. The van der Waals surface area contributed by atoms with Gasteiger partial charge in [0, 0.05) is 0 Å². The number of nitriles is 1. The lowest BCUT2D eigenvalue weighted by Gasteiger charge is -2.13. The molecule has 0 aliphatic carbocycles. The van der Waals surface area contributed by atoms with Crippen molar-refractivity contribution in [1.82, 2.24) is 0 Å². The van der Waals surface area contributed by atoms with E-state index in [1.165, 1.54) is 0 Å². The summed E-state index contributed by atoms with van der Waals surface area (Å²) >= 11 is 6.72. The lowest BCUT2D eigenvalue weighted by Crippen LogP contribution is -2.06. The van der Waals surface area contributed by atoms with Crippen LogP contribution in [0.1, 0.15) is 19.4 Å². The summed E-state index contributed by atoms with van der Waals surface area (Å²) in [6.07, 6.45) is 0.107. The molecule has 1 aromatic rings. The molecule has 0 fully saturated rings. The molecule has 0 amide bonds. The van der Waals surface area contributed by atoms with Gasteiger partial charge < -0.3 is 4.74 Å². The summed E-state index contributed by atoms with van der Waals surface area (Å²) in [6.45, 7) is 3.91. The lowest BCUT2D eigenvalue weighted by atomic mass is 10.2. The number of nitrogens with zero attached hydrogens (tertiary/aromatic N) is 1. The molecule has 4 heteroatoms. The predicted molar refractivity (Wildman–Crippen MR) is 62.3 cm³/mol. The maximum atomic E-state index is 8.73. The van der Waals surface area contributed by atoms with Gasteiger partial charge in [-0.1, -0.05) is 0 Å². The largest absolute Gasteiger partial charge is 0.489 e. The first-order chi connectivity index (χ1) is 6.54. The molecule has 1 aromatic carbocycles. The first-order valence-electron chi connectivity index (χ1n) is 4.10. The quantitative estimate of drug-likeness (QED) is 0.829. The zero-order valence-corrected chi connectivity index (χ0v) is 11.0. The highest BCUT2D eigenvalue weighted by atomic mass is 79.9. The van der Waals surface area contributed by atoms with Crippen LogP contribution >= 0.6 is 31.9 Å². The van der Waals surface area contributed by atoms with E-state index in [0.717, 1.165) is 14.7 Å². The minimum Gasteiger partial charge on any atom is -0.489 e. The third-order valence-corrected chi connectivity index (χ3v) is 2.66. The first-order valence-corrected chi connectivity index (χ1v) is 5.69. The van der Waals surface area contributed by atoms with Crippen LogP contribution in [0.25, 0.3) is 0 Å². The van der Waals surface area contributed by atoms with E-state index >= 15 is 0 Å². The van der Waals surface area contributed by atoms with Gasteiger partial charge in [0.25, 0.3) is 0 Å². The zero-order chi connectivity index (χ0) is 10.7. The highest BCUT2D eigenvalue weighted by Crippen LogP contribution is 2.35. The summed E-state index contributed by atoms with van der Waals surface area (Å²) in [6, 6.07) is 5.55. The van der Waals surface area contributed by atoms with Crippen molar-refractivity contribution >= 4 is 31.9 Å². The summed E-state index contributed by atoms with van der Waals surface area (Å²) in [5.41, 5.74) is 0.597. The molecule has 0 atom stereocenters. The van der Waals surface area contributed by atoms with Gasteiger partial charge in [0.05, 0.1) is 26.7 Å². The molecule has 0 aliphatic heterocycles. The summed E-state index contributed by atoms with van der Waals surface area (Å²) in [4.78, 5) is 0. The van der Waals surface area contributed by atoms with E-state index in [1.807, 2.05) is 13.8 Å². The molecule has 0 bridgehead atoms. The van der Waals surface area contributed by atoms with Crippen LogP contribution in [0.2, 0.25) is 0 Å². The topological polar surface area (TPSA) is 33.0 Å². The van der Waals surface area contributed by atoms with Crippen LogP contribution < -0.4 is 4.74 Å². The molecule has 0 saturated carbocycles. The summed E-state index contributed by atoms with van der Waals surface area (Å²) in [5, 5.41) is 8.73. The maximum absolute atomic E-state index is 8.73. The number of benzene rings is 1. The smallest absolute Gasteiger partial charge is 0.148 e. The van der Waals surface area contributed by atoms with Crippen molar-refractivity contribution in [2.75, 3.05) is 0 Å². The van der Waals surface area contributed by atoms with Crippen molar-refractivity contribution in [2.45, 2.75) is 20.0 Å². The standard InChI is InChI=1S/C10H9Br2NO/c1-6(2)14-10-8(11)3-7(5-13)4-9(10)12/h3-4,6H,1-2H3. The fourth-order valence-electron chi connectivity index (χ4n) is 0.973. The number of ether oxygens (including phenoxy) is 1. The molecule has 0 saturated heterocycles. The van der Waals surface area contributed by atoms with Gasteiger partial charge in [0.15, 0.2) is 0 Å². The Morgan fingerprint density at radius 1 is 1.29 bits per heavy atom. The number of hydrogen-bond donors (Lipinski definition) is 0. The van der Waals surface area contributed by atoms with Crippen molar-refractivity contribution in [3.8, 4) is 11.8 Å². The molecule has 0 heterocycles. The fourth-order valence-corrected chi connectivity index (χ4v) is 2.35. The van der Waals surface area contributed by atoms with Gasteiger partial charge in [-0.05, 0) is 57.8 Å². The highest BCUT2D eigenvalue weighted by Gasteiger charge is 2.09. The van der Waals surface area contributed by atoms with Crippen molar-refractivity contribution in [3.63, 3.8) is 0 Å². The van der Waals surface area contributed by atoms with Crippen LogP contribution in [0, 0.1) is 11.3 Å². The van der Waals surface area contributed by atoms with E-state index in [4.69, 9.17) is 10.00 Å². The van der Waals surface area contributed by atoms with E-state index < -0.39 is 0 Å².